The molecule has 0 saturated carbocycles. The van der Waals surface area contributed by atoms with E-state index in [0.29, 0.717) is 24.9 Å². The molecule has 1 fully saturated rings. The molecule has 1 unspecified atom stereocenters. The van der Waals surface area contributed by atoms with Gasteiger partial charge in [0.2, 0.25) is 11.8 Å². The van der Waals surface area contributed by atoms with Gasteiger partial charge in [-0.3, -0.25) is 19.3 Å². The summed E-state index contributed by atoms with van der Waals surface area (Å²) >= 11 is 0. The normalized spacial score (nSPS) is 16.0. The van der Waals surface area contributed by atoms with E-state index in [2.05, 4.69) is 5.32 Å². The maximum atomic E-state index is 11.9. The van der Waals surface area contributed by atoms with Gasteiger partial charge in [-0.25, -0.2) is 0 Å². The van der Waals surface area contributed by atoms with Crippen molar-refractivity contribution >= 4 is 17.7 Å². The van der Waals surface area contributed by atoms with Gasteiger partial charge in [-0.15, -0.1) is 0 Å². The third-order valence-electron chi connectivity index (χ3n) is 3.60. The lowest BCUT2D eigenvalue weighted by Gasteiger charge is -2.14. The molecule has 22 heavy (non-hydrogen) atoms. The number of nitrogens with zero attached hydrogens (tertiary/aromatic N) is 1. The van der Waals surface area contributed by atoms with E-state index in [-0.39, 0.29) is 30.3 Å². The summed E-state index contributed by atoms with van der Waals surface area (Å²) in [6.07, 6.45) is 1.31. The van der Waals surface area contributed by atoms with Crippen LogP contribution in [-0.4, -0.2) is 35.2 Å². The van der Waals surface area contributed by atoms with Gasteiger partial charge >= 0.3 is 0 Å². The number of likely N-dealkylation sites (tertiary alicyclic amines) is 1. The highest BCUT2D eigenvalue weighted by molar-refractivity contribution is 6.01. The van der Waals surface area contributed by atoms with Gasteiger partial charge in [-0.2, -0.15) is 0 Å². The number of rotatable bonds is 6. The van der Waals surface area contributed by atoms with Crippen LogP contribution in [0.1, 0.15) is 42.1 Å². The number of benzene rings is 1. The van der Waals surface area contributed by atoms with Gasteiger partial charge < -0.3 is 11.1 Å². The zero-order valence-corrected chi connectivity index (χ0v) is 12.7. The maximum absolute atomic E-state index is 11.9. The Bertz CT molecular complexity index is 551. The number of hydrogen-bond acceptors (Lipinski definition) is 4. The number of amides is 3. The van der Waals surface area contributed by atoms with Crippen molar-refractivity contribution in [2.24, 2.45) is 5.73 Å². The Morgan fingerprint density at radius 1 is 1.23 bits per heavy atom. The third-order valence-corrected chi connectivity index (χ3v) is 3.60. The van der Waals surface area contributed by atoms with Crippen LogP contribution in [0.15, 0.2) is 24.3 Å². The Hall–Kier alpha value is -2.21. The molecule has 3 amide bonds. The van der Waals surface area contributed by atoms with Crippen molar-refractivity contribution in [3.8, 4) is 0 Å². The van der Waals surface area contributed by atoms with Gasteiger partial charge in [0.25, 0.3) is 5.91 Å². The first-order valence-electron chi connectivity index (χ1n) is 7.43. The van der Waals surface area contributed by atoms with Crippen LogP contribution in [-0.2, 0) is 16.1 Å². The summed E-state index contributed by atoms with van der Waals surface area (Å²) in [7, 11) is 0. The highest BCUT2D eigenvalue weighted by atomic mass is 16.2. The van der Waals surface area contributed by atoms with Crippen molar-refractivity contribution in [1.82, 2.24) is 10.2 Å². The van der Waals surface area contributed by atoms with E-state index in [9.17, 15) is 14.4 Å². The van der Waals surface area contributed by atoms with E-state index < -0.39 is 0 Å². The van der Waals surface area contributed by atoms with Crippen molar-refractivity contribution in [3.05, 3.63) is 35.4 Å². The molecule has 1 heterocycles. The topological polar surface area (TPSA) is 92.5 Å². The summed E-state index contributed by atoms with van der Waals surface area (Å²) < 4.78 is 0. The molecule has 3 N–H and O–H groups in total. The highest BCUT2D eigenvalue weighted by Crippen LogP contribution is 2.16. The van der Waals surface area contributed by atoms with Gasteiger partial charge in [0.15, 0.2) is 0 Å². The van der Waals surface area contributed by atoms with Crippen molar-refractivity contribution in [1.29, 1.82) is 0 Å². The summed E-state index contributed by atoms with van der Waals surface area (Å²) in [5.41, 5.74) is 7.00. The zero-order valence-electron chi connectivity index (χ0n) is 12.7. The number of carbonyl (C=O) groups excluding carboxylic acids is 3. The minimum atomic E-state index is -0.152. The number of nitrogens with two attached hydrogens (primary N) is 1. The fourth-order valence-corrected chi connectivity index (χ4v) is 2.26. The van der Waals surface area contributed by atoms with Crippen LogP contribution in [0.2, 0.25) is 0 Å². The molecule has 1 aliphatic heterocycles. The summed E-state index contributed by atoms with van der Waals surface area (Å²) in [5.74, 6) is -0.425. The molecule has 1 atom stereocenters. The van der Waals surface area contributed by atoms with Gasteiger partial charge in [0.05, 0.1) is 6.54 Å². The first kappa shape index (κ1) is 16.2. The van der Waals surface area contributed by atoms with E-state index in [1.54, 1.807) is 24.3 Å². The van der Waals surface area contributed by atoms with Crippen molar-refractivity contribution in [3.63, 3.8) is 0 Å². The Labute approximate surface area is 129 Å². The largest absolute Gasteiger partial charge is 0.352 e. The standard InChI is InChI=1S/C16H21N3O3/c1-11(17)8-9-18-16(22)13-4-2-12(3-5-13)10-19-14(20)6-7-15(19)21/h2-5,11H,6-10,17H2,1H3,(H,18,22). The molecular weight excluding hydrogens is 282 g/mol. The van der Waals surface area contributed by atoms with Gasteiger partial charge in [-0.05, 0) is 31.0 Å². The average molecular weight is 303 g/mol. The van der Waals surface area contributed by atoms with Gasteiger partial charge in [0, 0.05) is 31.0 Å². The summed E-state index contributed by atoms with van der Waals surface area (Å²) in [5, 5.41) is 2.80. The van der Waals surface area contributed by atoms with Gasteiger partial charge in [0.1, 0.15) is 0 Å². The first-order chi connectivity index (χ1) is 10.5. The Morgan fingerprint density at radius 3 is 2.36 bits per heavy atom. The van der Waals surface area contributed by atoms with E-state index >= 15 is 0 Å². The Kier molecular flexibility index (Phi) is 5.27. The maximum Gasteiger partial charge on any atom is 0.251 e. The summed E-state index contributed by atoms with van der Waals surface area (Å²) in [6, 6.07) is 6.97. The van der Waals surface area contributed by atoms with Crippen molar-refractivity contribution in [2.45, 2.75) is 38.8 Å². The van der Waals surface area contributed by atoms with Crippen LogP contribution < -0.4 is 11.1 Å². The van der Waals surface area contributed by atoms with Crippen LogP contribution in [0.25, 0.3) is 0 Å². The lowest BCUT2D eigenvalue weighted by atomic mass is 10.1. The minimum Gasteiger partial charge on any atom is -0.352 e. The molecule has 0 bridgehead atoms. The number of carbonyl (C=O) groups is 3. The van der Waals surface area contributed by atoms with Crippen LogP contribution in [0.3, 0.4) is 0 Å². The number of hydrogen-bond donors (Lipinski definition) is 2. The molecule has 0 spiro atoms. The van der Waals surface area contributed by atoms with Crippen LogP contribution in [0.4, 0.5) is 0 Å². The molecule has 0 radical (unpaired) electrons. The second-order valence-electron chi connectivity index (χ2n) is 5.59. The SMILES string of the molecule is CC(N)CCNC(=O)c1ccc(CN2C(=O)CCC2=O)cc1. The van der Waals surface area contributed by atoms with Crippen molar-refractivity contribution < 1.29 is 14.4 Å². The smallest absolute Gasteiger partial charge is 0.251 e. The molecule has 1 aliphatic rings. The van der Waals surface area contributed by atoms with Crippen LogP contribution in [0.5, 0.6) is 0 Å². The lowest BCUT2D eigenvalue weighted by molar-refractivity contribution is -0.139. The molecule has 1 saturated heterocycles. The quantitative estimate of drug-likeness (QED) is 0.760. The lowest BCUT2D eigenvalue weighted by Crippen LogP contribution is -2.29. The predicted molar refractivity (Wildman–Crippen MR) is 81.8 cm³/mol. The van der Waals surface area contributed by atoms with Crippen LogP contribution >= 0.6 is 0 Å². The first-order valence-corrected chi connectivity index (χ1v) is 7.43. The van der Waals surface area contributed by atoms with Gasteiger partial charge in [-0.1, -0.05) is 12.1 Å². The number of nitrogens with one attached hydrogen (secondary N) is 1. The average Bonchev–Trinajstić information content (AvgIpc) is 2.79. The second-order valence-corrected chi connectivity index (χ2v) is 5.59. The third kappa shape index (κ3) is 4.14. The molecule has 6 nitrogen and oxygen atoms in total. The molecule has 6 heteroatoms. The Balaban J connectivity index is 1.91. The summed E-state index contributed by atoms with van der Waals surface area (Å²) in [4.78, 5) is 36.3. The molecule has 2 rings (SSSR count). The molecule has 0 aromatic heterocycles. The van der Waals surface area contributed by atoms with Crippen LogP contribution in [0, 0.1) is 0 Å². The van der Waals surface area contributed by atoms with E-state index in [0.717, 1.165) is 12.0 Å². The monoisotopic (exact) mass is 303 g/mol. The van der Waals surface area contributed by atoms with E-state index in [1.807, 2.05) is 6.92 Å². The molecule has 118 valence electrons. The van der Waals surface area contributed by atoms with Crippen molar-refractivity contribution in [2.75, 3.05) is 6.54 Å². The second kappa shape index (κ2) is 7.17. The minimum absolute atomic E-state index is 0.0539. The Morgan fingerprint density at radius 2 is 1.82 bits per heavy atom. The molecule has 0 aliphatic carbocycles. The molecule has 1 aromatic carbocycles. The highest BCUT2D eigenvalue weighted by Gasteiger charge is 2.28. The van der Waals surface area contributed by atoms with E-state index in [1.165, 1.54) is 4.90 Å². The molecule has 1 aromatic rings. The fourth-order valence-electron chi connectivity index (χ4n) is 2.26. The number of imide groups is 1. The fraction of sp³-hybridized carbons (Fsp3) is 0.438. The van der Waals surface area contributed by atoms with E-state index in [4.69, 9.17) is 5.73 Å². The zero-order chi connectivity index (χ0) is 16.1. The molecular formula is C16H21N3O3. The summed E-state index contributed by atoms with van der Waals surface area (Å²) in [6.45, 7) is 2.70. The predicted octanol–water partition coefficient (Wildman–Crippen LogP) is 0.803.